The number of carboxylic acid groups (broad SMARTS) is 1. The number of hydrogen-bond acceptors (Lipinski definition) is 2. The van der Waals surface area contributed by atoms with Gasteiger partial charge in [0, 0.05) is 10.5 Å². The molecule has 2 aromatic carbocycles. The predicted octanol–water partition coefficient (Wildman–Crippen LogP) is 3.80. The molecule has 2 rings (SSSR count). The molecule has 1 amide bonds. The fourth-order valence-electron chi connectivity index (χ4n) is 1.73. The van der Waals surface area contributed by atoms with Crippen molar-refractivity contribution in [2.24, 2.45) is 0 Å². The van der Waals surface area contributed by atoms with Gasteiger partial charge in [-0.1, -0.05) is 36.4 Å². The Morgan fingerprint density at radius 3 is 2.43 bits per heavy atom. The second-order valence-electron chi connectivity index (χ2n) is 4.20. The summed E-state index contributed by atoms with van der Waals surface area (Å²) in [6.07, 6.45) is 3.02. The van der Waals surface area contributed by atoms with Crippen LogP contribution in [-0.2, 0) is 4.79 Å². The van der Waals surface area contributed by atoms with E-state index in [4.69, 9.17) is 5.11 Å². The van der Waals surface area contributed by atoms with Gasteiger partial charge in [-0.05, 0) is 39.7 Å². The minimum atomic E-state index is -1.10. The maximum absolute atomic E-state index is 11.9. The summed E-state index contributed by atoms with van der Waals surface area (Å²) in [6.45, 7) is 0. The van der Waals surface area contributed by atoms with Crippen molar-refractivity contribution in [2.75, 3.05) is 5.32 Å². The Labute approximate surface area is 130 Å². The lowest BCUT2D eigenvalue weighted by atomic mass is 10.1. The van der Waals surface area contributed by atoms with Crippen molar-refractivity contribution < 1.29 is 14.7 Å². The van der Waals surface area contributed by atoms with E-state index >= 15 is 0 Å². The topological polar surface area (TPSA) is 66.4 Å². The number of carbonyl (C=O) groups excluding carboxylic acids is 1. The van der Waals surface area contributed by atoms with Gasteiger partial charge in [0.05, 0.1) is 11.3 Å². The maximum atomic E-state index is 11.9. The van der Waals surface area contributed by atoms with Crippen LogP contribution in [0.15, 0.2) is 59.1 Å². The highest BCUT2D eigenvalue weighted by molar-refractivity contribution is 9.10. The van der Waals surface area contributed by atoms with Crippen molar-refractivity contribution in [1.82, 2.24) is 0 Å². The Balaban J connectivity index is 2.17. The Hall–Kier alpha value is -2.40. The molecule has 0 aromatic heterocycles. The SMILES string of the molecule is O=C(C=Cc1ccccc1)Nc1c(Br)cccc1C(=O)O. The molecular weight excluding hydrogens is 334 g/mol. The molecular formula is C16H12BrNO3. The number of nitrogens with one attached hydrogen (secondary N) is 1. The number of hydrogen-bond donors (Lipinski definition) is 2. The Morgan fingerprint density at radius 2 is 1.76 bits per heavy atom. The Bertz CT molecular complexity index is 696. The summed E-state index contributed by atoms with van der Waals surface area (Å²) in [4.78, 5) is 23.0. The minimum absolute atomic E-state index is 0.0332. The Kier molecular flexibility index (Phi) is 4.90. The molecule has 0 atom stereocenters. The zero-order chi connectivity index (χ0) is 15.2. The van der Waals surface area contributed by atoms with Crippen LogP contribution in [0.2, 0.25) is 0 Å². The van der Waals surface area contributed by atoms with Crippen molar-refractivity contribution in [3.8, 4) is 0 Å². The van der Waals surface area contributed by atoms with Crippen LogP contribution < -0.4 is 5.32 Å². The normalized spacial score (nSPS) is 10.5. The number of halogens is 1. The molecule has 0 spiro atoms. The number of benzene rings is 2. The lowest BCUT2D eigenvalue weighted by Gasteiger charge is -2.08. The first-order valence-electron chi connectivity index (χ1n) is 6.14. The van der Waals surface area contributed by atoms with Gasteiger partial charge in [0.1, 0.15) is 0 Å². The number of rotatable bonds is 4. The van der Waals surface area contributed by atoms with Crippen molar-refractivity contribution >= 4 is 39.6 Å². The van der Waals surface area contributed by atoms with Gasteiger partial charge >= 0.3 is 5.97 Å². The van der Waals surface area contributed by atoms with Gasteiger partial charge in [0.15, 0.2) is 0 Å². The highest BCUT2D eigenvalue weighted by Crippen LogP contribution is 2.26. The molecule has 0 fully saturated rings. The monoisotopic (exact) mass is 345 g/mol. The van der Waals surface area contributed by atoms with E-state index in [1.807, 2.05) is 30.3 Å². The smallest absolute Gasteiger partial charge is 0.337 e. The standard InChI is InChI=1S/C16H12BrNO3/c17-13-8-4-7-12(16(20)21)15(13)18-14(19)10-9-11-5-2-1-3-6-11/h1-10H,(H,18,19)(H,20,21). The van der Waals surface area contributed by atoms with Gasteiger partial charge in [-0.3, -0.25) is 4.79 Å². The largest absolute Gasteiger partial charge is 0.478 e. The zero-order valence-corrected chi connectivity index (χ0v) is 12.5. The van der Waals surface area contributed by atoms with Gasteiger partial charge in [-0.25, -0.2) is 4.79 Å². The molecule has 0 bridgehead atoms. The molecule has 0 aliphatic rings. The van der Waals surface area contributed by atoms with E-state index in [1.165, 1.54) is 12.1 Å². The number of carbonyl (C=O) groups is 2. The summed E-state index contributed by atoms with van der Waals surface area (Å²) in [5.74, 6) is -1.49. The molecule has 0 aliphatic heterocycles. The van der Waals surface area contributed by atoms with Crippen LogP contribution in [0, 0.1) is 0 Å². The summed E-state index contributed by atoms with van der Waals surface area (Å²) >= 11 is 3.24. The van der Waals surface area contributed by atoms with E-state index in [-0.39, 0.29) is 11.3 Å². The molecule has 106 valence electrons. The van der Waals surface area contributed by atoms with Crippen LogP contribution in [-0.4, -0.2) is 17.0 Å². The van der Waals surface area contributed by atoms with Crippen LogP contribution in [0.25, 0.3) is 6.08 Å². The summed E-state index contributed by atoms with van der Waals surface area (Å²) in [7, 11) is 0. The molecule has 0 unspecified atom stereocenters. The van der Waals surface area contributed by atoms with Crippen LogP contribution >= 0.6 is 15.9 Å². The fraction of sp³-hybridized carbons (Fsp3) is 0. The second kappa shape index (κ2) is 6.85. The van der Waals surface area contributed by atoms with Crippen LogP contribution in [0.3, 0.4) is 0 Å². The third-order valence-corrected chi connectivity index (χ3v) is 3.38. The second-order valence-corrected chi connectivity index (χ2v) is 5.06. The van der Waals surface area contributed by atoms with E-state index in [1.54, 1.807) is 18.2 Å². The van der Waals surface area contributed by atoms with Gasteiger partial charge in [0.2, 0.25) is 5.91 Å². The molecule has 5 heteroatoms. The number of anilines is 1. The van der Waals surface area contributed by atoms with Gasteiger partial charge in [-0.15, -0.1) is 0 Å². The lowest BCUT2D eigenvalue weighted by molar-refractivity contribution is -0.111. The Morgan fingerprint density at radius 1 is 1.05 bits per heavy atom. The molecule has 0 heterocycles. The molecule has 0 saturated heterocycles. The highest BCUT2D eigenvalue weighted by atomic mass is 79.9. The molecule has 0 radical (unpaired) electrons. The van der Waals surface area contributed by atoms with Crippen LogP contribution in [0.5, 0.6) is 0 Å². The maximum Gasteiger partial charge on any atom is 0.337 e. The third kappa shape index (κ3) is 4.03. The fourth-order valence-corrected chi connectivity index (χ4v) is 2.20. The molecule has 0 saturated carbocycles. The lowest BCUT2D eigenvalue weighted by Crippen LogP contribution is -2.12. The van der Waals surface area contributed by atoms with E-state index in [0.717, 1.165) is 5.56 Å². The molecule has 2 N–H and O–H groups in total. The first-order valence-corrected chi connectivity index (χ1v) is 6.93. The summed E-state index contributed by atoms with van der Waals surface area (Å²) in [6, 6.07) is 14.1. The number of amides is 1. The average molecular weight is 346 g/mol. The average Bonchev–Trinajstić information content (AvgIpc) is 2.48. The van der Waals surface area contributed by atoms with Crippen molar-refractivity contribution in [3.63, 3.8) is 0 Å². The predicted molar refractivity (Wildman–Crippen MR) is 85.2 cm³/mol. The highest BCUT2D eigenvalue weighted by Gasteiger charge is 2.14. The van der Waals surface area contributed by atoms with E-state index in [9.17, 15) is 9.59 Å². The summed E-state index contributed by atoms with van der Waals surface area (Å²) in [5, 5.41) is 11.7. The first-order chi connectivity index (χ1) is 10.1. The van der Waals surface area contributed by atoms with Crippen molar-refractivity contribution in [1.29, 1.82) is 0 Å². The number of aromatic carboxylic acids is 1. The first kappa shape index (κ1) is 15.0. The third-order valence-electron chi connectivity index (χ3n) is 2.72. The number of para-hydroxylation sites is 1. The van der Waals surface area contributed by atoms with Crippen LogP contribution in [0.4, 0.5) is 5.69 Å². The minimum Gasteiger partial charge on any atom is -0.478 e. The summed E-state index contributed by atoms with van der Waals surface area (Å²) < 4.78 is 0.517. The summed E-state index contributed by atoms with van der Waals surface area (Å²) in [5.41, 5.74) is 1.16. The van der Waals surface area contributed by atoms with Crippen molar-refractivity contribution in [2.45, 2.75) is 0 Å². The molecule has 0 aliphatic carbocycles. The van der Waals surface area contributed by atoms with E-state index < -0.39 is 11.9 Å². The molecule has 4 nitrogen and oxygen atoms in total. The van der Waals surface area contributed by atoms with Crippen molar-refractivity contribution in [3.05, 3.63) is 70.2 Å². The van der Waals surface area contributed by atoms with Gasteiger partial charge < -0.3 is 10.4 Å². The van der Waals surface area contributed by atoms with E-state index in [2.05, 4.69) is 21.2 Å². The quantitative estimate of drug-likeness (QED) is 0.828. The molecule has 21 heavy (non-hydrogen) atoms. The van der Waals surface area contributed by atoms with Crippen LogP contribution in [0.1, 0.15) is 15.9 Å². The number of carboxylic acids is 1. The van der Waals surface area contributed by atoms with E-state index in [0.29, 0.717) is 4.47 Å². The van der Waals surface area contributed by atoms with Gasteiger partial charge in [-0.2, -0.15) is 0 Å². The van der Waals surface area contributed by atoms with Gasteiger partial charge in [0.25, 0.3) is 0 Å². The zero-order valence-electron chi connectivity index (χ0n) is 10.9. The molecule has 2 aromatic rings.